The van der Waals surface area contributed by atoms with E-state index in [0.29, 0.717) is 35.2 Å². The molecule has 0 saturated carbocycles. The minimum Gasteiger partial charge on any atom is -0.489 e. The molecule has 0 fully saturated rings. The van der Waals surface area contributed by atoms with Gasteiger partial charge >= 0.3 is 5.97 Å². The highest BCUT2D eigenvalue weighted by molar-refractivity contribution is 6.30. The zero-order valence-electron chi connectivity index (χ0n) is 17.6. The first-order chi connectivity index (χ1) is 14.9. The van der Waals surface area contributed by atoms with E-state index < -0.39 is 5.97 Å². The number of benzene rings is 2. The van der Waals surface area contributed by atoms with E-state index in [0.717, 1.165) is 5.56 Å². The standard InChI is InChI=1S/C23H24ClN3O4/c1-4-27-13-20(21(26-27)23(29)31-15(2)3)25-22(28)17-7-5-6-16(12-17)14-30-19-10-8-18(24)9-11-19/h5-13,15H,4,14H2,1-3H3,(H,25,28). The van der Waals surface area contributed by atoms with E-state index in [2.05, 4.69) is 10.4 Å². The van der Waals surface area contributed by atoms with Gasteiger partial charge in [-0.1, -0.05) is 23.7 Å². The molecule has 0 bridgehead atoms. The van der Waals surface area contributed by atoms with Gasteiger partial charge in [-0.25, -0.2) is 4.79 Å². The Hall–Kier alpha value is -3.32. The van der Waals surface area contributed by atoms with Gasteiger partial charge in [-0.3, -0.25) is 9.48 Å². The molecule has 1 N–H and O–H groups in total. The molecule has 7 nitrogen and oxygen atoms in total. The van der Waals surface area contributed by atoms with Crippen LogP contribution >= 0.6 is 11.6 Å². The monoisotopic (exact) mass is 441 g/mol. The molecule has 1 amide bonds. The maximum absolute atomic E-state index is 12.8. The van der Waals surface area contributed by atoms with Crippen LogP contribution in [0.15, 0.2) is 54.7 Å². The van der Waals surface area contributed by atoms with Crippen molar-refractivity contribution in [3.8, 4) is 5.75 Å². The van der Waals surface area contributed by atoms with E-state index in [1.54, 1.807) is 67.2 Å². The Morgan fingerprint density at radius 2 is 1.90 bits per heavy atom. The number of nitrogens with one attached hydrogen (secondary N) is 1. The fourth-order valence-electron chi connectivity index (χ4n) is 2.79. The second kappa shape index (κ2) is 10.1. The molecule has 8 heteroatoms. The maximum Gasteiger partial charge on any atom is 0.361 e. The maximum atomic E-state index is 12.8. The summed E-state index contributed by atoms with van der Waals surface area (Å²) >= 11 is 5.88. The Kier molecular flexibility index (Phi) is 7.31. The van der Waals surface area contributed by atoms with Gasteiger partial charge in [0.15, 0.2) is 5.69 Å². The number of rotatable bonds is 8. The van der Waals surface area contributed by atoms with Crippen molar-refractivity contribution in [3.05, 3.63) is 76.6 Å². The summed E-state index contributed by atoms with van der Waals surface area (Å²) in [5.74, 6) is -0.259. The molecular formula is C23H24ClN3O4. The van der Waals surface area contributed by atoms with Crippen molar-refractivity contribution in [1.29, 1.82) is 0 Å². The van der Waals surface area contributed by atoms with Crippen LogP contribution in [0.3, 0.4) is 0 Å². The predicted octanol–water partition coefficient (Wildman–Crippen LogP) is 4.95. The Labute approximate surface area is 185 Å². The van der Waals surface area contributed by atoms with Gasteiger partial charge in [0.05, 0.1) is 11.8 Å². The summed E-state index contributed by atoms with van der Waals surface area (Å²) in [6.07, 6.45) is 1.32. The van der Waals surface area contributed by atoms with Crippen LogP contribution in [0.25, 0.3) is 0 Å². The van der Waals surface area contributed by atoms with Gasteiger partial charge in [0.1, 0.15) is 12.4 Å². The summed E-state index contributed by atoms with van der Waals surface area (Å²) < 4.78 is 12.5. The topological polar surface area (TPSA) is 82.5 Å². The quantitative estimate of drug-likeness (QED) is 0.500. The molecule has 3 rings (SSSR count). The number of carbonyl (C=O) groups is 2. The molecule has 1 heterocycles. The first-order valence-corrected chi connectivity index (χ1v) is 10.3. The lowest BCUT2D eigenvalue weighted by Gasteiger charge is -2.10. The smallest absolute Gasteiger partial charge is 0.361 e. The second-order valence-corrected chi connectivity index (χ2v) is 7.53. The zero-order chi connectivity index (χ0) is 22.4. The number of carbonyl (C=O) groups excluding carboxylic acids is 2. The van der Waals surface area contributed by atoms with E-state index >= 15 is 0 Å². The number of halogens is 1. The third-order valence-corrected chi connectivity index (χ3v) is 4.53. The number of nitrogens with zero attached hydrogens (tertiary/aromatic N) is 2. The fraction of sp³-hybridized carbons (Fsp3) is 0.261. The lowest BCUT2D eigenvalue weighted by atomic mass is 10.1. The summed E-state index contributed by atoms with van der Waals surface area (Å²) in [7, 11) is 0. The second-order valence-electron chi connectivity index (χ2n) is 7.10. The van der Waals surface area contributed by atoms with Gasteiger partial charge in [0.25, 0.3) is 5.91 Å². The summed E-state index contributed by atoms with van der Waals surface area (Å²) in [5, 5.41) is 7.61. The van der Waals surface area contributed by atoms with Crippen LogP contribution in [0, 0.1) is 0 Å². The molecule has 0 saturated heterocycles. The Balaban J connectivity index is 1.72. The lowest BCUT2D eigenvalue weighted by Crippen LogP contribution is -2.17. The lowest BCUT2D eigenvalue weighted by molar-refractivity contribution is 0.0371. The molecule has 0 aliphatic rings. The van der Waals surface area contributed by atoms with Crippen LogP contribution in [0.5, 0.6) is 5.75 Å². The van der Waals surface area contributed by atoms with Crippen LogP contribution in [-0.2, 0) is 17.9 Å². The van der Waals surface area contributed by atoms with Crippen LogP contribution < -0.4 is 10.1 Å². The third kappa shape index (κ3) is 6.08. The molecular weight excluding hydrogens is 418 g/mol. The summed E-state index contributed by atoms with van der Waals surface area (Å²) in [5.41, 5.74) is 1.64. The summed E-state index contributed by atoms with van der Waals surface area (Å²) in [6, 6.07) is 14.1. The van der Waals surface area contributed by atoms with E-state index in [4.69, 9.17) is 21.1 Å². The minimum atomic E-state index is -0.581. The minimum absolute atomic E-state index is 0.0751. The number of aromatic nitrogens is 2. The predicted molar refractivity (Wildman–Crippen MR) is 119 cm³/mol. The molecule has 0 aliphatic carbocycles. The first-order valence-electron chi connectivity index (χ1n) is 9.92. The SMILES string of the molecule is CCn1cc(NC(=O)c2cccc(COc3ccc(Cl)cc3)c2)c(C(=O)OC(C)C)n1. The van der Waals surface area contributed by atoms with Crippen molar-refractivity contribution in [3.63, 3.8) is 0 Å². The van der Waals surface area contributed by atoms with E-state index in [9.17, 15) is 9.59 Å². The normalized spacial score (nSPS) is 10.7. The highest BCUT2D eigenvalue weighted by Crippen LogP contribution is 2.19. The van der Waals surface area contributed by atoms with Crippen LogP contribution in [-0.4, -0.2) is 27.8 Å². The van der Waals surface area contributed by atoms with Gasteiger partial charge in [-0.2, -0.15) is 5.10 Å². The fourth-order valence-corrected chi connectivity index (χ4v) is 2.92. The number of hydrogen-bond donors (Lipinski definition) is 1. The number of anilines is 1. The Morgan fingerprint density at radius 1 is 1.16 bits per heavy atom. The van der Waals surface area contributed by atoms with Gasteiger partial charge < -0.3 is 14.8 Å². The molecule has 0 aliphatic heterocycles. The van der Waals surface area contributed by atoms with Gasteiger partial charge in [0.2, 0.25) is 0 Å². The van der Waals surface area contributed by atoms with Crippen molar-refractivity contribution >= 4 is 29.2 Å². The van der Waals surface area contributed by atoms with Crippen molar-refractivity contribution in [2.24, 2.45) is 0 Å². The zero-order valence-corrected chi connectivity index (χ0v) is 18.3. The van der Waals surface area contributed by atoms with E-state index in [1.807, 2.05) is 13.0 Å². The summed E-state index contributed by atoms with van der Waals surface area (Å²) in [6.45, 7) is 6.24. The molecule has 0 unspecified atom stereocenters. The molecule has 1 aromatic heterocycles. The van der Waals surface area contributed by atoms with Crippen molar-refractivity contribution in [1.82, 2.24) is 9.78 Å². The summed E-state index contributed by atoms with van der Waals surface area (Å²) in [4.78, 5) is 25.2. The molecule has 162 valence electrons. The number of ether oxygens (including phenoxy) is 2. The van der Waals surface area contributed by atoms with Crippen LogP contribution in [0.2, 0.25) is 5.02 Å². The number of hydrogen-bond acceptors (Lipinski definition) is 5. The number of aryl methyl sites for hydroxylation is 1. The molecule has 0 atom stereocenters. The largest absolute Gasteiger partial charge is 0.489 e. The highest BCUT2D eigenvalue weighted by atomic mass is 35.5. The average Bonchev–Trinajstić information content (AvgIpc) is 3.16. The van der Waals surface area contributed by atoms with Crippen LogP contribution in [0.4, 0.5) is 5.69 Å². The number of esters is 1. The highest BCUT2D eigenvalue weighted by Gasteiger charge is 2.21. The molecule has 0 spiro atoms. The van der Waals surface area contributed by atoms with Crippen molar-refractivity contribution < 1.29 is 19.1 Å². The van der Waals surface area contributed by atoms with Crippen molar-refractivity contribution in [2.45, 2.75) is 40.0 Å². The molecule has 0 radical (unpaired) electrons. The average molecular weight is 442 g/mol. The molecule has 2 aromatic carbocycles. The third-order valence-electron chi connectivity index (χ3n) is 4.28. The number of amides is 1. The van der Waals surface area contributed by atoms with Crippen LogP contribution in [0.1, 0.15) is 47.2 Å². The first kappa shape index (κ1) is 22.4. The van der Waals surface area contributed by atoms with E-state index in [-0.39, 0.29) is 17.7 Å². The Bertz CT molecular complexity index is 1060. The molecule has 3 aromatic rings. The van der Waals surface area contributed by atoms with E-state index in [1.165, 1.54) is 0 Å². The molecule has 31 heavy (non-hydrogen) atoms. The van der Waals surface area contributed by atoms with Gasteiger partial charge in [0, 0.05) is 23.3 Å². The van der Waals surface area contributed by atoms with Gasteiger partial charge in [-0.15, -0.1) is 0 Å². The van der Waals surface area contributed by atoms with Crippen molar-refractivity contribution in [2.75, 3.05) is 5.32 Å². The Morgan fingerprint density at radius 3 is 2.58 bits per heavy atom. The van der Waals surface area contributed by atoms with Gasteiger partial charge in [-0.05, 0) is 62.7 Å².